The van der Waals surface area contributed by atoms with Crippen LogP contribution in [0.25, 0.3) is 0 Å². The smallest absolute Gasteiger partial charge is 0.107 e. The number of nitrogens with zero attached hydrogens (tertiary/aromatic N) is 3. The van der Waals surface area contributed by atoms with Crippen molar-refractivity contribution in [3.63, 3.8) is 0 Å². The first-order valence-corrected chi connectivity index (χ1v) is 3.08. The Balaban J connectivity index is 3.30. The predicted octanol–water partition coefficient (Wildman–Crippen LogP) is -1.37. The van der Waals surface area contributed by atoms with Crippen LogP contribution in [-0.2, 0) is 0 Å². The minimum absolute atomic E-state index is 0.681. The Hall–Kier alpha value is -0.810. The van der Waals surface area contributed by atoms with Gasteiger partial charge in [-0.1, -0.05) is 0 Å². The van der Waals surface area contributed by atoms with Crippen LogP contribution in [0.2, 0.25) is 0 Å². The molecule has 0 unspecified atom stereocenters. The molecule has 5 nitrogen and oxygen atoms in total. The molecule has 60 valence electrons. The molecular formula is C5H15N5. The Morgan fingerprint density at radius 3 is 2.40 bits per heavy atom. The van der Waals surface area contributed by atoms with Crippen LogP contribution in [0.3, 0.4) is 0 Å². The third-order valence-corrected chi connectivity index (χ3v) is 0.991. The molecule has 0 amide bonds. The SMILES string of the molecule is CN(C)CCN(N)/N=C\N. The van der Waals surface area contributed by atoms with E-state index < -0.39 is 0 Å². The highest BCUT2D eigenvalue weighted by Gasteiger charge is 1.92. The Morgan fingerprint density at radius 2 is 2.00 bits per heavy atom. The van der Waals surface area contributed by atoms with E-state index in [2.05, 4.69) is 5.10 Å². The van der Waals surface area contributed by atoms with E-state index in [1.807, 2.05) is 19.0 Å². The lowest BCUT2D eigenvalue weighted by atomic mass is 10.6. The van der Waals surface area contributed by atoms with E-state index in [1.54, 1.807) is 0 Å². The fraction of sp³-hybridized carbons (Fsp3) is 0.800. The molecule has 0 radical (unpaired) electrons. The van der Waals surface area contributed by atoms with Gasteiger partial charge in [0.15, 0.2) is 0 Å². The van der Waals surface area contributed by atoms with E-state index in [-0.39, 0.29) is 0 Å². The molecule has 0 aliphatic carbocycles. The summed E-state index contributed by atoms with van der Waals surface area (Å²) in [7, 11) is 3.94. The summed E-state index contributed by atoms with van der Waals surface area (Å²) in [5.41, 5.74) is 5.01. The molecule has 0 aliphatic heterocycles. The lowest BCUT2D eigenvalue weighted by Gasteiger charge is -2.14. The zero-order valence-electron chi connectivity index (χ0n) is 6.49. The lowest BCUT2D eigenvalue weighted by Crippen LogP contribution is -2.33. The normalized spacial score (nSPS) is 11.2. The van der Waals surface area contributed by atoms with Crippen molar-refractivity contribution >= 4 is 6.34 Å². The summed E-state index contributed by atoms with van der Waals surface area (Å²) in [6.45, 7) is 1.55. The topological polar surface area (TPSA) is 70.9 Å². The first-order valence-electron chi connectivity index (χ1n) is 3.08. The van der Waals surface area contributed by atoms with Crippen molar-refractivity contribution in [3.8, 4) is 0 Å². The largest absolute Gasteiger partial charge is 0.388 e. The van der Waals surface area contributed by atoms with Gasteiger partial charge in [-0.05, 0) is 14.1 Å². The van der Waals surface area contributed by atoms with Crippen molar-refractivity contribution in [3.05, 3.63) is 0 Å². The Kier molecular flexibility index (Phi) is 4.61. The minimum atomic E-state index is 0.681. The maximum atomic E-state index is 5.36. The third-order valence-electron chi connectivity index (χ3n) is 0.991. The number of rotatable bonds is 4. The summed E-state index contributed by atoms with van der Waals surface area (Å²) in [5, 5.41) is 4.94. The second kappa shape index (κ2) is 5.01. The quantitative estimate of drug-likeness (QED) is 0.221. The highest BCUT2D eigenvalue weighted by atomic mass is 15.6. The molecule has 0 saturated carbocycles. The highest BCUT2D eigenvalue weighted by Crippen LogP contribution is 1.78. The molecule has 0 heterocycles. The minimum Gasteiger partial charge on any atom is -0.388 e. The molecule has 0 spiro atoms. The molecule has 0 saturated heterocycles. The number of hydrazone groups is 1. The van der Waals surface area contributed by atoms with E-state index in [0.29, 0.717) is 6.54 Å². The van der Waals surface area contributed by atoms with Gasteiger partial charge in [0.1, 0.15) is 6.34 Å². The van der Waals surface area contributed by atoms with Crippen molar-refractivity contribution < 1.29 is 0 Å². The molecular weight excluding hydrogens is 130 g/mol. The van der Waals surface area contributed by atoms with Crippen LogP contribution >= 0.6 is 0 Å². The Morgan fingerprint density at radius 1 is 1.40 bits per heavy atom. The van der Waals surface area contributed by atoms with Gasteiger partial charge in [-0.3, -0.25) is 0 Å². The zero-order valence-corrected chi connectivity index (χ0v) is 6.49. The van der Waals surface area contributed by atoms with Gasteiger partial charge >= 0.3 is 0 Å². The van der Waals surface area contributed by atoms with E-state index in [4.69, 9.17) is 11.6 Å². The molecule has 0 bridgehead atoms. The molecule has 4 N–H and O–H groups in total. The molecule has 5 heteroatoms. The zero-order chi connectivity index (χ0) is 7.98. The van der Waals surface area contributed by atoms with Crippen LogP contribution < -0.4 is 11.6 Å². The summed E-state index contributed by atoms with van der Waals surface area (Å²) < 4.78 is 0. The van der Waals surface area contributed by atoms with Gasteiger partial charge in [-0.15, -0.1) is 0 Å². The summed E-state index contributed by atoms with van der Waals surface area (Å²) in [5.74, 6) is 5.36. The van der Waals surface area contributed by atoms with E-state index in [0.717, 1.165) is 6.54 Å². The van der Waals surface area contributed by atoms with Crippen LogP contribution in [-0.4, -0.2) is 43.5 Å². The number of hydrazine groups is 1. The first-order chi connectivity index (χ1) is 4.66. The second-order valence-corrected chi connectivity index (χ2v) is 2.23. The number of nitrogens with two attached hydrogens (primary N) is 2. The average Bonchev–Trinajstić information content (AvgIpc) is 1.85. The molecule has 0 atom stereocenters. The second-order valence-electron chi connectivity index (χ2n) is 2.23. The van der Waals surface area contributed by atoms with Crippen molar-refractivity contribution in [1.82, 2.24) is 10.0 Å². The molecule has 0 aromatic carbocycles. The van der Waals surface area contributed by atoms with Crippen molar-refractivity contribution in [2.24, 2.45) is 16.7 Å². The van der Waals surface area contributed by atoms with Crippen molar-refractivity contribution in [2.45, 2.75) is 0 Å². The summed E-state index contributed by atoms with van der Waals surface area (Å²) in [6, 6.07) is 0. The van der Waals surface area contributed by atoms with Crippen LogP contribution in [0.15, 0.2) is 5.10 Å². The standard InChI is InChI=1S/C5H15N5/c1-9(2)3-4-10(7)8-5-6/h5H,3-4,7H2,1-2H3,(H2,6,8). The van der Waals surface area contributed by atoms with Gasteiger partial charge in [0, 0.05) is 6.54 Å². The number of hydrogen-bond donors (Lipinski definition) is 2. The summed E-state index contributed by atoms with van der Waals surface area (Å²) in [4.78, 5) is 2.02. The highest BCUT2D eigenvalue weighted by molar-refractivity contribution is 5.50. The molecule has 10 heavy (non-hydrogen) atoms. The summed E-state index contributed by atoms with van der Waals surface area (Å²) in [6.07, 6.45) is 1.18. The molecule has 0 fully saturated rings. The number of likely N-dealkylation sites (N-methyl/N-ethyl adjacent to an activating group) is 1. The summed E-state index contributed by atoms with van der Waals surface area (Å²) >= 11 is 0. The van der Waals surface area contributed by atoms with Gasteiger partial charge in [-0.25, -0.2) is 11.0 Å². The van der Waals surface area contributed by atoms with Crippen LogP contribution in [0.5, 0.6) is 0 Å². The van der Waals surface area contributed by atoms with Crippen LogP contribution in [0.4, 0.5) is 0 Å². The van der Waals surface area contributed by atoms with Crippen LogP contribution in [0, 0.1) is 0 Å². The maximum absolute atomic E-state index is 5.36. The van der Waals surface area contributed by atoms with E-state index >= 15 is 0 Å². The maximum Gasteiger partial charge on any atom is 0.107 e. The molecule has 0 aromatic heterocycles. The van der Waals surface area contributed by atoms with Crippen molar-refractivity contribution in [2.75, 3.05) is 27.2 Å². The van der Waals surface area contributed by atoms with Crippen LogP contribution in [0.1, 0.15) is 0 Å². The third kappa shape index (κ3) is 5.33. The predicted molar refractivity (Wildman–Crippen MR) is 42.1 cm³/mol. The number of hydrogen-bond acceptors (Lipinski definition) is 4. The van der Waals surface area contributed by atoms with Gasteiger partial charge in [0.2, 0.25) is 0 Å². The first kappa shape index (κ1) is 9.19. The van der Waals surface area contributed by atoms with Crippen molar-refractivity contribution in [1.29, 1.82) is 0 Å². The fourth-order valence-electron chi connectivity index (χ4n) is 0.446. The monoisotopic (exact) mass is 145 g/mol. The molecule has 0 aliphatic rings. The van der Waals surface area contributed by atoms with Gasteiger partial charge in [0.25, 0.3) is 0 Å². The van der Waals surface area contributed by atoms with Gasteiger partial charge < -0.3 is 10.6 Å². The van der Waals surface area contributed by atoms with E-state index in [1.165, 1.54) is 11.5 Å². The molecule has 0 rings (SSSR count). The average molecular weight is 145 g/mol. The van der Waals surface area contributed by atoms with Gasteiger partial charge in [0.05, 0.1) is 6.54 Å². The Bertz CT molecular complexity index is 100. The molecule has 0 aromatic rings. The lowest BCUT2D eigenvalue weighted by molar-refractivity contribution is 0.257. The van der Waals surface area contributed by atoms with E-state index in [9.17, 15) is 0 Å². The fourth-order valence-corrected chi connectivity index (χ4v) is 0.446. The Labute approximate surface area is 61.2 Å². The van der Waals surface area contributed by atoms with Gasteiger partial charge in [-0.2, -0.15) is 5.10 Å².